The van der Waals surface area contributed by atoms with Crippen LogP contribution < -0.4 is 10.4 Å². The van der Waals surface area contributed by atoms with Crippen LogP contribution in [0.5, 0.6) is 5.19 Å². The summed E-state index contributed by atoms with van der Waals surface area (Å²) in [5, 5.41) is 6.94. The van der Waals surface area contributed by atoms with E-state index in [0.717, 1.165) is 15.0 Å². The summed E-state index contributed by atoms with van der Waals surface area (Å²) in [6, 6.07) is 0. The lowest BCUT2D eigenvalue weighted by atomic mass is 10.2. The van der Waals surface area contributed by atoms with Crippen molar-refractivity contribution in [2.75, 3.05) is 0 Å². The van der Waals surface area contributed by atoms with Crippen LogP contribution in [0.25, 0.3) is 5.82 Å². The molecule has 0 atom stereocenters. The van der Waals surface area contributed by atoms with Crippen LogP contribution in [-0.2, 0) is 27.7 Å². The molecule has 0 spiro atoms. The number of halogens is 1. The number of aryl methyl sites for hydroxylation is 2. The van der Waals surface area contributed by atoms with Gasteiger partial charge in [-0.15, -0.1) is 0 Å². The summed E-state index contributed by atoms with van der Waals surface area (Å²) in [7, 11) is 5.35. The summed E-state index contributed by atoms with van der Waals surface area (Å²) in [6.07, 6.45) is 0. The Morgan fingerprint density at radius 2 is 2.09 bits per heavy atom. The van der Waals surface area contributed by atoms with Gasteiger partial charge in [0.15, 0.2) is 5.82 Å². The summed E-state index contributed by atoms with van der Waals surface area (Å²) in [5.74, 6) is 0.717. The molecule has 0 bridgehead atoms. The van der Waals surface area contributed by atoms with E-state index in [1.807, 2.05) is 26.4 Å². The highest BCUT2D eigenvalue weighted by atomic mass is 127. The first-order valence-corrected chi connectivity index (χ1v) is 8.43. The molecule has 0 unspecified atom stereocenters. The van der Waals surface area contributed by atoms with Gasteiger partial charge in [0, 0.05) is 26.5 Å². The van der Waals surface area contributed by atoms with Crippen LogP contribution in [0.15, 0.2) is 10.2 Å². The zero-order valence-corrected chi connectivity index (χ0v) is 15.5. The van der Waals surface area contributed by atoms with Crippen molar-refractivity contribution in [2.45, 2.75) is 13.5 Å². The van der Waals surface area contributed by atoms with E-state index in [2.05, 4.69) is 32.7 Å². The molecule has 3 aromatic heterocycles. The summed E-state index contributed by atoms with van der Waals surface area (Å²) in [4.78, 5) is 18.1. The molecule has 0 aliphatic rings. The minimum absolute atomic E-state index is 0.101. The first kappa shape index (κ1) is 15.3. The third kappa shape index (κ3) is 2.39. The average Bonchev–Trinajstić information content (AvgIpc) is 3.01. The van der Waals surface area contributed by atoms with E-state index in [1.54, 1.807) is 21.2 Å². The second-order valence-electron chi connectivity index (χ2n) is 4.84. The molecule has 0 N–H and O–H groups in total. The van der Waals surface area contributed by atoms with Crippen LogP contribution in [0.2, 0.25) is 0 Å². The molecule has 0 amide bonds. The molecule has 10 heteroatoms. The SMILES string of the molecule is Cc1nn(C)c(-n2c(=O)n(C)n2C)c1COc1nc(I)cs1. The summed E-state index contributed by atoms with van der Waals surface area (Å²) in [6.45, 7) is 2.22. The molecule has 8 nitrogen and oxygen atoms in total. The van der Waals surface area contributed by atoms with Gasteiger partial charge in [-0.05, 0) is 29.5 Å². The van der Waals surface area contributed by atoms with Crippen molar-refractivity contribution in [3.8, 4) is 11.0 Å². The van der Waals surface area contributed by atoms with E-state index in [0.29, 0.717) is 17.6 Å². The smallest absolute Gasteiger partial charge is 0.366 e. The number of ether oxygens (including phenoxy) is 1. The fourth-order valence-electron chi connectivity index (χ4n) is 2.27. The van der Waals surface area contributed by atoms with E-state index in [1.165, 1.54) is 16.0 Å². The summed E-state index contributed by atoms with van der Waals surface area (Å²) >= 11 is 3.59. The van der Waals surface area contributed by atoms with Gasteiger partial charge in [0.2, 0.25) is 0 Å². The minimum Gasteiger partial charge on any atom is -0.465 e. The Labute approximate surface area is 144 Å². The summed E-state index contributed by atoms with van der Waals surface area (Å²) < 4.78 is 11.4. The lowest BCUT2D eigenvalue weighted by Crippen LogP contribution is -2.48. The van der Waals surface area contributed by atoms with Crippen molar-refractivity contribution < 1.29 is 4.74 Å². The van der Waals surface area contributed by atoms with E-state index in [4.69, 9.17) is 4.74 Å². The van der Waals surface area contributed by atoms with Gasteiger partial charge in [-0.2, -0.15) is 14.8 Å². The minimum atomic E-state index is -0.101. The van der Waals surface area contributed by atoms with Crippen molar-refractivity contribution in [1.29, 1.82) is 0 Å². The molecule has 3 aromatic rings. The lowest BCUT2D eigenvalue weighted by molar-refractivity contribution is 0.293. The highest BCUT2D eigenvalue weighted by molar-refractivity contribution is 14.1. The lowest BCUT2D eigenvalue weighted by Gasteiger charge is -2.22. The zero-order valence-electron chi connectivity index (χ0n) is 12.6. The molecule has 0 saturated carbocycles. The molecular formula is C12H15IN6O2S. The van der Waals surface area contributed by atoms with Crippen LogP contribution in [0.1, 0.15) is 11.3 Å². The number of hydrogen-bond donors (Lipinski definition) is 0. The van der Waals surface area contributed by atoms with Crippen LogP contribution in [-0.4, -0.2) is 28.9 Å². The van der Waals surface area contributed by atoms with Gasteiger partial charge in [0.25, 0.3) is 5.19 Å². The topological polar surface area (TPSA) is 71.8 Å². The van der Waals surface area contributed by atoms with E-state index < -0.39 is 0 Å². The number of rotatable bonds is 4. The third-order valence-corrected chi connectivity index (χ3v) is 5.22. The van der Waals surface area contributed by atoms with Gasteiger partial charge >= 0.3 is 5.69 Å². The normalized spacial score (nSPS) is 11.3. The zero-order chi connectivity index (χ0) is 16.0. The van der Waals surface area contributed by atoms with Crippen molar-refractivity contribution in [2.24, 2.45) is 21.1 Å². The first-order valence-electron chi connectivity index (χ1n) is 6.47. The Bertz CT molecular complexity index is 883. The second kappa shape index (κ2) is 5.57. The number of nitrogens with zero attached hydrogens (tertiary/aromatic N) is 6. The average molecular weight is 434 g/mol. The molecule has 0 aromatic carbocycles. The van der Waals surface area contributed by atoms with E-state index in [-0.39, 0.29) is 5.69 Å². The van der Waals surface area contributed by atoms with Gasteiger partial charge in [0.05, 0.1) is 11.3 Å². The van der Waals surface area contributed by atoms with Crippen LogP contribution in [0.3, 0.4) is 0 Å². The van der Waals surface area contributed by atoms with Crippen molar-refractivity contribution >= 4 is 33.9 Å². The number of thiazole rings is 1. The largest absolute Gasteiger partial charge is 0.465 e. The fourth-order valence-corrected chi connectivity index (χ4v) is 3.56. The van der Waals surface area contributed by atoms with Gasteiger partial charge in [-0.25, -0.2) is 14.3 Å². The molecule has 0 fully saturated rings. The fraction of sp³-hybridized carbons (Fsp3) is 0.417. The third-order valence-electron chi connectivity index (χ3n) is 3.49. The quantitative estimate of drug-likeness (QED) is 0.579. The summed E-state index contributed by atoms with van der Waals surface area (Å²) in [5.41, 5.74) is 1.61. The van der Waals surface area contributed by atoms with Gasteiger partial charge in [-0.3, -0.25) is 4.68 Å². The molecule has 0 saturated heterocycles. The van der Waals surface area contributed by atoms with Crippen molar-refractivity contribution in [1.82, 2.24) is 28.9 Å². The maximum absolute atomic E-state index is 12.1. The highest BCUT2D eigenvalue weighted by Crippen LogP contribution is 2.23. The Morgan fingerprint density at radius 3 is 2.68 bits per heavy atom. The Balaban J connectivity index is 1.96. The second-order valence-corrected chi connectivity index (χ2v) is 6.77. The number of aromatic nitrogens is 6. The standard InChI is InChI=1S/C12H15IN6O2S/c1-7-8(5-21-11-14-9(13)6-22-11)10(16(2)15-7)19-12(20)17(3)18(19)4/h6H,5H2,1-4H3. The van der Waals surface area contributed by atoms with Crippen molar-refractivity contribution in [3.63, 3.8) is 0 Å². The highest BCUT2D eigenvalue weighted by Gasteiger charge is 2.22. The predicted octanol–water partition coefficient (Wildman–Crippen LogP) is 1.20. The molecule has 3 heterocycles. The molecule has 0 aliphatic heterocycles. The van der Waals surface area contributed by atoms with Gasteiger partial charge in [0.1, 0.15) is 10.3 Å². The molecule has 3 rings (SSSR count). The van der Waals surface area contributed by atoms with Crippen LogP contribution in [0.4, 0.5) is 0 Å². The Kier molecular flexibility index (Phi) is 3.89. The Morgan fingerprint density at radius 1 is 1.36 bits per heavy atom. The van der Waals surface area contributed by atoms with Crippen LogP contribution in [0, 0.1) is 10.6 Å². The van der Waals surface area contributed by atoms with E-state index in [9.17, 15) is 4.79 Å². The maximum Gasteiger partial charge on any atom is 0.366 e. The van der Waals surface area contributed by atoms with Crippen molar-refractivity contribution in [3.05, 3.63) is 30.8 Å². The molecular weight excluding hydrogens is 419 g/mol. The Hall–Kier alpha value is -1.56. The predicted molar refractivity (Wildman–Crippen MR) is 90.6 cm³/mol. The maximum atomic E-state index is 12.1. The monoisotopic (exact) mass is 434 g/mol. The molecule has 0 aliphatic carbocycles. The van der Waals surface area contributed by atoms with Crippen LogP contribution >= 0.6 is 33.9 Å². The number of hydrogen-bond acceptors (Lipinski definition) is 5. The van der Waals surface area contributed by atoms with E-state index >= 15 is 0 Å². The molecule has 118 valence electrons. The molecule has 22 heavy (non-hydrogen) atoms. The van der Waals surface area contributed by atoms with Gasteiger partial charge < -0.3 is 4.74 Å². The first-order chi connectivity index (χ1) is 10.4. The van der Waals surface area contributed by atoms with Gasteiger partial charge in [-0.1, -0.05) is 11.3 Å². The molecule has 0 radical (unpaired) electrons.